The zero-order chi connectivity index (χ0) is 15.3. The maximum Gasteiger partial charge on any atom is 0.411 e. The first-order chi connectivity index (χ1) is 9.96. The molecule has 118 valence electrons. The lowest BCUT2D eigenvalue weighted by atomic mass is 9.79. The van der Waals surface area contributed by atoms with Gasteiger partial charge in [0.2, 0.25) is 0 Å². The predicted molar refractivity (Wildman–Crippen MR) is 76.2 cm³/mol. The second kappa shape index (κ2) is 7.27. The van der Waals surface area contributed by atoms with Crippen molar-refractivity contribution in [3.63, 3.8) is 0 Å². The van der Waals surface area contributed by atoms with Gasteiger partial charge in [0.25, 0.3) is 0 Å². The minimum Gasteiger partial charge on any atom is -0.372 e. The lowest BCUT2D eigenvalue weighted by molar-refractivity contribution is -0.174. The number of halogens is 3. The molecule has 0 aromatic heterocycles. The van der Waals surface area contributed by atoms with Gasteiger partial charge >= 0.3 is 6.18 Å². The molecule has 0 radical (unpaired) electrons. The van der Waals surface area contributed by atoms with Crippen LogP contribution in [0.1, 0.15) is 42.7 Å². The lowest BCUT2D eigenvalue weighted by Crippen LogP contribution is -2.27. The molecule has 1 aliphatic rings. The summed E-state index contributed by atoms with van der Waals surface area (Å²) in [7, 11) is 0. The highest BCUT2D eigenvalue weighted by Gasteiger charge is 2.27. The number of aryl methyl sites for hydroxylation is 1. The van der Waals surface area contributed by atoms with E-state index < -0.39 is 12.8 Å². The number of ether oxygens (including phenoxy) is 1. The second-order valence-electron chi connectivity index (χ2n) is 5.74. The molecule has 0 saturated carbocycles. The fourth-order valence-electron chi connectivity index (χ4n) is 3.01. The van der Waals surface area contributed by atoms with E-state index in [-0.39, 0.29) is 12.6 Å². The summed E-state index contributed by atoms with van der Waals surface area (Å²) in [5.41, 5.74) is 8.79. The molecule has 2 nitrogen and oxygen atoms in total. The lowest BCUT2D eigenvalue weighted by Gasteiger charge is -2.27. The van der Waals surface area contributed by atoms with Gasteiger partial charge < -0.3 is 10.5 Å². The first-order valence-electron chi connectivity index (χ1n) is 7.43. The first kappa shape index (κ1) is 16.3. The van der Waals surface area contributed by atoms with E-state index in [0.717, 1.165) is 25.7 Å². The molecule has 2 atom stereocenters. The van der Waals surface area contributed by atoms with Crippen LogP contribution in [0.25, 0.3) is 0 Å². The van der Waals surface area contributed by atoms with Gasteiger partial charge in [0.15, 0.2) is 0 Å². The van der Waals surface area contributed by atoms with E-state index in [9.17, 15) is 13.2 Å². The van der Waals surface area contributed by atoms with Gasteiger partial charge in [0.05, 0.1) is 0 Å². The Kier molecular flexibility index (Phi) is 5.65. The van der Waals surface area contributed by atoms with Gasteiger partial charge in [-0.3, -0.25) is 0 Å². The van der Waals surface area contributed by atoms with Crippen LogP contribution in [0.3, 0.4) is 0 Å². The third-order valence-corrected chi connectivity index (χ3v) is 3.98. The van der Waals surface area contributed by atoms with Crippen molar-refractivity contribution in [1.29, 1.82) is 0 Å². The van der Waals surface area contributed by atoms with E-state index in [1.165, 1.54) is 11.1 Å². The molecule has 0 heterocycles. The van der Waals surface area contributed by atoms with Crippen molar-refractivity contribution in [3.05, 3.63) is 35.4 Å². The molecule has 2 unspecified atom stereocenters. The van der Waals surface area contributed by atoms with Gasteiger partial charge in [-0.15, -0.1) is 0 Å². The Morgan fingerprint density at radius 1 is 1.29 bits per heavy atom. The van der Waals surface area contributed by atoms with Gasteiger partial charge in [-0.25, -0.2) is 0 Å². The summed E-state index contributed by atoms with van der Waals surface area (Å²) in [5.74, 6) is 0.424. The van der Waals surface area contributed by atoms with Gasteiger partial charge in [-0.1, -0.05) is 24.3 Å². The van der Waals surface area contributed by atoms with Gasteiger partial charge in [-0.05, 0) is 49.1 Å². The zero-order valence-electron chi connectivity index (χ0n) is 12.0. The normalized spacial score (nSPS) is 20.1. The molecule has 5 heteroatoms. The number of fused-ring (bicyclic) bond motifs is 1. The van der Waals surface area contributed by atoms with E-state index in [4.69, 9.17) is 5.73 Å². The SMILES string of the molecule is NC(CCOCC(F)(F)F)CC1CCCc2ccccc21. The Morgan fingerprint density at radius 3 is 2.81 bits per heavy atom. The summed E-state index contributed by atoms with van der Waals surface area (Å²) >= 11 is 0. The zero-order valence-corrected chi connectivity index (χ0v) is 12.0. The monoisotopic (exact) mass is 301 g/mol. The fourth-order valence-corrected chi connectivity index (χ4v) is 3.01. The van der Waals surface area contributed by atoms with Crippen molar-refractivity contribution in [3.8, 4) is 0 Å². The maximum absolute atomic E-state index is 12.0. The van der Waals surface area contributed by atoms with Crippen LogP contribution >= 0.6 is 0 Å². The van der Waals surface area contributed by atoms with Crippen molar-refractivity contribution < 1.29 is 17.9 Å². The van der Waals surface area contributed by atoms with E-state index in [1.807, 2.05) is 12.1 Å². The largest absolute Gasteiger partial charge is 0.411 e. The first-order valence-corrected chi connectivity index (χ1v) is 7.43. The summed E-state index contributed by atoms with van der Waals surface area (Å²) in [6.45, 7) is -1.12. The third-order valence-electron chi connectivity index (χ3n) is 3.98. The van der Waals surface area contributed by atoms with Crippen LogP contribution in [0.15, 0.2) is 24.3 Å². The Balaban J connectivity index is 1.77. The minimum absolute atomic E-state index is 0.0645. The molecule has 1 aromatic rings. The highest BCUT2D eigenvalue weighted by molar-refractivity contribution is 5.32. The molecule has 0 saturated heterocycles. The molecule has 0 spiro atoms. The van der Waals surface area contributed by atoms with Crippen LogP contribution in [-0.2, 0) is 11.2 Å². The number of rotatable bonds is 6. The number of alkyl halides is 3. The van der Waals surface area contributed by atoms with Gasteiger partial charge in [0, 0.05) is 12.6 Å². The predicted octanol–water partition coefficient (Wildman–Crippen LogP) is 3.79. The van der Waals surface area contributed by atoms with Gasteiger partial charge in [-0.2, -0.15) is 13.2 Å². The van der Waals surface area contributed by atoms with Crippen molar-refractivity contribution >= 4 is 0 Å². The number of hydrogen-bond donors (Lipinski definition) is 1. The molecule has 0 fully saturated rings. The highest BCUT2D eigenvalue weighted by atomic mass is 19.4. The van der Waals surface area contributed by atoms with Crippen LogP contribution in [0.2, 0.25) is 0 Å². The molecule has 2 N–H and O–H groups in total. The maximum atomic E-state index is 12.0. The van der Waals surface area contributed by atoms with Crippen LogP contribution in [0.4, 0.5) is 13.2 Å². The van der Waals surface area contributed by atoms with Crippen molar-refractivity contribution in [1.82, 2.24) is 0 Å². The van der Waals surface area contributed by atoms with Crippen LogP contribution in [0.5, 0.6) is 0 Å². The van der Waals surface area contributed by atoms with E-state index in [0.29, 0.717) is 12.3 Å². The average molecular weight is 301 g/mol. The second-order valence-corrected chi connectivity index (χ2v) is 5.74. The van der Waals surface area contributed by atoms with Crippen molar-refractivity contribution in [2.24, 2.45) is 5.73 Å². The molecule has 1 aromatic carbocycles. The average Bonchev–Trinajstić information content (AvgIpc) is 2.43. The Bertz CT molecular complexity index is 447. The Morgan fingerprint density at radius 2 is 2.05 bits per heavy atom. The van der Waals surface area contributed by atoms with Crippen molar-refractivity contribution in [2.45, 2.75) is 50.2 Å². The summed E-state index contributed by atoms with van der Waals surface area (Å²) in [5, 5.41) is 0. The molecule has 2 rings (SSSR count). The summed E-state index contributed by atoms with van der Waals surface area (Å²) in [6.07, 6.45) is 0.386. The standard InChI is InChI=1S/C16H22F3NO/c17-16(18,19)11-21-9-8-14(20)10-13-6-3-5-12-4-1-2-7-15(12)13/h1-2,4,7,13-14H,3,5-6,8-11,20H2. The topological polar surface area (TPSA) is 35.2 Å². The van der Waals surface area contributed by atoms with Crippen molar-refractivity contribution in [2.75, 3.05) is 13.2 Å². The van der Waals surface area contributed by atoms with E-state index >= 15 is 0 Å². The highest BCUT2D eigenvalue weighted by Crippen LogP contribution is 2.34. The van der Waals surface area contributed by atoms with Gasteiger partial charge in [0.1, 0.15) is 6.61 Å². The molecule has 21 heavy (non-hydrogen) atoms. The molecular formula is C16H22F3NO. The van der Waals surface area contributed by atoms with Crippen LogP contribution in [0, 0.1) is 0 Å². The Labute approximate surface area is 123 Å². The summed E-state index contributed by atoms with van der Waals surface area (Å²) < 4.78 is 40.5. The van der Waals surface area contributed by atoms with Crippen LogP contribution in [-0.4, -0.2) is 25.4 Å². The fraction of sp³-hybridized carbons (Fsp3) is 0.625. The number of nitrogens with two attached hydrogens (primary N) is 1. The summed E-state index contributed by atoms with van der Waals surface area (Å²) in [6, 6.07) is 8.27. The quantitative estimate of drug-likeness (QED) is 0.811. The number of benzene rings is 1. The smallest absolute Gasteiger partial charge is 0.372 e. The molecular weight excluding hydrogens is 279 g/mol. The molecule has 0 amide bonds. The Hall–Kier alpha value is -1.07. The third kappa shape index (κ3) is 5.32. The summed E-state index contributed by atoms with van der Waals surface area (Å²) in [4.78, 5) is 0. The number of hydrogen-bond acceptors (Lipinski definition) is 2. The van der Waals surface area contributed by atoms with E-state index in [2.05, 4.69) is 16.9 Å². The molecule has 0 aliphatic heterocycles. The minimum atomic E-state index is -4.26. The van der Waals surface area contributed by atoms with Crippen LogP contribution < -0.4 is 5.73 Å². The molecule has 1 aliphatic carbocycles. The molecule has 0 bridgehead atoms. The van der Waals surface area contributed by atoms with E-state index in [1.54, 1.807) is 0 Å².